The molecule has 2 heteroatoms. The maximum atomic E-state index is 11.2. The van der Waals surface area contributed by atoms with Crippen molar-refractivity contribution in [2.45, 2.75) is 33.1 Å². The van der Waals surface area contributed by atoms with Gasteiger partial charge in [-0.3, -0.25) is 4.79 Å². The summed E-state index contributed by atoms with van der Waals surface area (Å²) in [6.45, 7) is 4.12. The van der Waals surface area contributed by atoms with Gasteiger partial charge in [0.1, 0.15) is 12.1 Å². The zero-order valence-electron chi connectivity index (χ0n) is 7.09. The van der Waals surface area contributed by atoms with E-state index >= 15 is 0 Å². The van der Waals surface area contributed by atoms with E-state index in [0.29, 0.717) is 12.8 Å². The van der Waals surface area contributed by atoms with E-state index in [1.165, 1.54) is 0 Å². The Bertz CT molecular complexity index is 182. The minimum absolute atomic E-state index is 0.0139. The van der Waals surface area contributed by atoms with Gasteiger partial charge in [-0.1, -0.05) is 13.8 Å². The van der Waals surface area contributed by atoms with Gasteiger partial charge in [0.25, 0.3) is 0 Å². The lowest BCUT2D eigenvalue weighted by Gasteiger charge is -2.23. The van der Waals surface area contributed by atoms with Gasteiger partial charge < -0.3 is 4.79 Å². The number of aldehydes is 1. The average Bonchev–Trinajstić information content (AvgIpc) is 2.16. The number of carbonyl (C=O) groups excluding carboxylic acids is 2. The molecule has 0 bridgehead atoms. The molecule has 1 unspecified atom stereocenters. The van der Waals surface area contributed by atoms with Crippen LogP contribution < -0.4 is 0 Å². The summed E-state index contributed by atoms with van der Waals surface area (Å²) >= 11 is 0. The van der Waals surface area contributed by atoms with Crippen molar-refractivity contribution in [1.82, 2.24) is 0 Å². The summed E-state index contributed by atoms with van der Waals surface area (Å²) in [7, 11) is 0. The lowest BCUT2D eigenvalue weighted by Crippen LogP contribution is -2.22. The Morgan fingerprint density at radius 1 is 1.64 bits per heavy atom. The molecule has 2 nitrogen and oxygen atoms in total. The number of Topliss-reactive ketones (excluding diaryl/α,β-unsaturated/α-hetero) is 1. The molecule has 1 aliphatic rings. The summed E-state index contributed by atoms with van der Waals surface area (Å²) in [4.78, 5) is 21.5. The Morgan fingerprint density at radius 2 is 2.27 bits per heavy atom. The molecule has 0 aromatic carbocycles. The third-order valence-corrected chi connectivity index (χ3v) is 2.68. The molecular weight excluding hydrogens is 140 g/mol. The highest BCUT2D eigenvalue weighted by Gasteiger charge is 2.40. The smallest absolute Gasteiger partial charge is 0.136 e. The molecule has 1 saturated carbocycles. The Labute approximate surface area is 67.0 Å². The fourth-order valence-electron chi connectivity index (χ4n) is 1.78. The van der Waals surface area contributed by atoms with E-state index in [2.05, 4.69) is 13.8 Å². The molecule has 0 N–H and O–H groups in total. The summed E-state index contributed by atoms with van der Waals surface area (Å²) in [5, 5.41) is 0. The van der Waals surface area contributed by atoms with Crippen molar-refractivity contribution in [3.05, 3.63) is 0 Å². The molecule has 0 aromatic rings. The average molecular weight is 154 g/mol. The van der Waals surface area contributed by atoms with E-state index < -0.39 is 0 Å². The van der Waals surface area contributed by atoms with E-state index in [9.17, 15) is 9.59 Å². The minimum atomic E-state index is -0.0139. The van der Waals surface area contributed by atoms with Crippen molar-refractivity contribution in [3.63, 3.8) is 0 Å². The van der Waals surface area contributed by atoms with E-state index in [4.69, 9.17) is 0 Å². The maximum absolute atomic E-state index is 11.2. The molecule has 0 aromatic heterocycles. The quantitative estimate of drug-likeness (QED) is 0.566. The highest BCUT2D eigenvalue weighted by Crippen LogP contribution is 2.41. The van der Waals surface area contributed by atoms with Crippen LogP contribution >= 0.6 is 0 Å². The van der Waals surface area contributed by atoms with Crippen LogP contribution in [0.3, 0.4) is 0 Å². The zero-order chi connectivity index (χ0) is 8.48. The molecular formula is C9H14O2. The van der Waals surface area contributed by atoms with Gasteiger partial charge in [0.2, 0.25) is 0 Å². The number of ketones is 1. The largest absolute Gasteiger partial charge is 0.303 e. The van der Waals surface area contributed by atoms with Gasteiger partial charge in [-0.15, -0.1) is 0 Å². The van der Waals surface area contributed by atoms with Crippen LogP contribution in [0, 0.1) is 11.3 Å². The molecule has 1 fully saturated rings. The molecule has 11 heavy (non-hydrogen) atoms. The molecule has 0 aliphatic heterocycles. The van der Waals surface area contributed by atoms with Gasteiger partial charge >= 0.3 is 0 Å². The fourth-order valence-corrected chi connectivity index (χ4v) is 1.78. The van der Waals surface area contributed by atoms with Gasteiger partial charge in [-0.25, -0.2) is 0 Å². The zero-order valence-corrected chi connectivity index (χ0v) is 7.09. The topological polar surface area (TPSA) is 34.1 Å². The molecule has 0 amide bonds. The molecule has 0 spiro atoms. The van der Waals surface area contributed by atoms with E-state index in [1.54, 1.807) is 0 Å². The first kappa shape index (κ1) is 8.44. The third kappa shape index (κ3) is 1.50. The first-order chi connectivity index (χ1) is 5.08. The molecule has 1 atom stereocenters. The van der Waals surface area contributed by atoms with Crippen LogP contribution in [0.1, 0.15) is 33.1 Å². The highest BCUT2D eigenvalue weighted by molar-refractivity contribution is 5.85. The summed E-state index contributed by atoms with van der Waals surface area (Å²) < 4.78 is 0. The summed E-state index contributed by atoms with van der Waals surface area (Å²) in [5.41, 5.74) is 0.0536. The van der Waals surface area contributed by atoms with Crippen molar-refractivity contribution < 1.29 is 9.59 Å². The van der Waals surface area contributed by atoms with Crippen LogP contribution in [0.2, 0.25) is 0 Å². The normalized spacial score (nSPS) is 28.9. The fraction of sp³-hybridized carbons (Fsp3) is 0.778. The highest BCUT2D eigenvalue weighted by atomic mass is 16.1. The summed E-state index contributed by atoms with van der Waals surface area (Å²) in [5.74, 6) is 0.252. The minimum Gasteiger partial charge on any atom is -0.303 e. The van der Waals surface area contributed by atoms with Crippen molar-refractivity contribution in [3.8, 4) is 0 Å². The molecule has 0 saturated heterocycles. The van der Waals surface area contributed by atoms with Gasteiger partial charge in [0.15, 0.2) is 0 Å². The van der Waals surface area contributed by atoms with Crippen LogP contribution in [0.5, 0.6) is 0 Å². The number of hydrogen-bond acceptors (Lipinski definition) is 2. The van der Waals surface area contributed by atoms with Crippen molar-refractivity contribution >= 4 is 12.1 Å². The van der Waals surface area contributed by atoms with Crippen LogP contribution in [0.4, 0.5) is 0 Å². The predicted octanol–water partition coefficient (Wildman–Crippen LogP) is 1.58. The number of carbonyl (C=O) groups is 2. The van der Waals surface area contributed by atoms with E-state index in [1.807, 2.05) is 0 Å². The lowest BCUT2D eigenvalue weighted by molar-refractivity contribution is -0.124. The van der Waals surface area contributed by atoms with Crippen molar-refractivity contribution in [2.75, 3.05) is 0 Å². The van der Waals surface area contributed by atoms with Gasteiger partial charge in [-0.2, -0.15) is 0 Å². The Hall–Kier alpha value is -0.660. The molecule has 1 aliphatic carbocycles. The number of rotatable bonds is 2. The SMILES string of the molecule is CC1(C)CCC(=O)C1CC=O. The predicted molar refractivity (Wildman–Crippen MR) is 42.2 cm³/mol. The van der Waals surface area contributed by atoms with Crippen LogP contribution in [-0.4, -0.2) is 12.1 Å². The summed E-state index contributed by atoms with van der Waals surface area (Å²) in [6.07, 6.45) is 2.86. The Kier molecular flexibility index (Phi) is 2.12. The van der Waals surface area contributed by atoms with Crippen LogP contribution in [0.15, 0.2) is 0 Å². The summed E-state index contributed by atoms with van der Waals surface area (Å²) in [6, 6.07) is 0. The number of hydrogen-bond donors (Lipinski definition) is 0. The third-order valence-electron chi connectivity index (χ3n) is 2.68. The van der Waals surface area contributed by atoms with Gasteiger partial charge in [0, 0.05) is 18.8 Å². The Morgan fingerprint density at radius 3 is 2.64 bits per heavy atom. The standard InChI is InChI=1S/C9H14O2/c1-9(2)5-3-8(11)7(9)4-6-10/h6-7H,3-5H2,1-2H3. The monoisotopic (exact) mass is 154 g/mol. The maximum Gasteiger partial charge on any atom is 0.136 e. The van der Waals surface area contributed by atoms with Crippen LogP contribution in [-0.2, 0) is 9.59 Å². The second-order valence-corrected chi connectivity index (χ2v) is 3.91. The molecule has 0 radical (unpaired) electrons. The first-order valence-electron chi connectivity index (χ1n) is 4.04. The second-order valence-electron chi connectivity index (χ2n) is 3.91. The molecule has 1 rings (SSSR count). The van der Waals surface area contributed by atoms with Gasteiger partial charge in [-0.05, 0) is 11.8 Å². The van der Waals surface area contributed by atoms with E-state index in [0.717, 1.165) is 12.7 Å². The molecule has 62 valence electrons. The van der Waals surface area contributed by atoms with Crippen molar-refractivity contribution in [1.29, 1.82) is 0 Å². The lowest BCUT2D eigenvalue weighted by atomic mass is 9.80. The van der Waals surface area contributed by atoms with Gasteiger partial charge in [0.05, 0.1) is 0 Å². The van der Waals surface area contributed by atoms with E-state index in [-0.39, 0.29) is 17.1 Å². The first-order valence-corrected chi connectivity index (χ1v) is 4.04. The Balaban J connectivity index is 2.71. The second kappa shape index (κ2) is 2.76. The molecule has 0 heterocycles. The van der Waals surface area contributed by atoms with Crippen LogP contribution in [0.25, 0.3) is 0 Å². The van der Waals surface area contributed by atoms with Crippen molar-refractivity contribution in [2.24, 2.45) is 11.3 Å².